The summed E-state index contributed by atoms with van der Waals surface area (Å²) in [6, 6.07) is 8.91. The van der Waals surface area contributed by atoms with Crippen molar-refractivity contribution in [2.75, 3.05) is 30.0 Å². The molecule has 3 heterocycles. The molecular formula is C19H24N6O. The highest BCUT2D eigenvalue weighted by molar-refractivity contribution is 5.58. The molecule has 26 heavy (non-hydrogen) atoms. The molecule has 136 valence electrons. The monoisotopic (exact) mass is 352 g/mol. The van der Waals surface area contributed by atoms with E-state index in [4.69, 9.17) is 9.72 Å². The van der Waals surface area contributed by atoms with Crippen LogP contribution >= 0.6 is 0 Å². The maximum absolute atomic E-state index is 9.24. The van der Waals surface area contributed by atoms with E-state index in [0.717, 1.165) is 56.5 Å². The van der Waals surface area contributed by atoms with E-state index in [0.29, 0.717) is 12.0 Å². The number of aromatic nitrogens is 3. The molecule has 1 aliphatic heterocycles. The zero-order valence-electron chi connectivity index (χ0n) is 15.0. The van der Waals surface area contributed by atoms with Crippen molar-refractivity contribution in [3.05, 3.63) is 30.0 Å². The van der Waals surface area contributed by atoms with Crippen LogP contribution in [0.3, 0.4) is 0 Å². The van der Waals surface area contributed by atoms with Gasteiger partial charge in [-0.15, -0.1) is 0 Å². The highest BCUT2D eigenvalue weighted by Gasteiger charge is 2.28. The van der Waals surface area contributed by atoms with Crippen molar-refractivity contribution in [2.24, 2.45) is 5.92 Å². The minimum atomic E-state index is 0.169. The van der Waals surface area contributed by atoms with Crippen LogP contribution in [0.25, 0.3) is 0 Å². The Morgan fingerprint density at radius 3 is 3.04 bits per heavy atom. The third-order valence-electron chi connectivity index (χ3n) is 5.35. The van der Waals surface area contributed by atoms with Crippen molar-refractivity contribution >= 4 is 17.5 Å². The molecule has 7 nitrogen and oxygen atoms in total. The molecule has 0 aromatic carbocycles. The standard InChI is InChI=1S/C19H24N6O/c1-13-12-26-7-6-25(13)19-10-16(15-3-2-14(8-15)11-20)9-18(23-19)22-17-4-5-21-24-17/h4-5,9-10,13-15H,2-3,6-8,12H2,1H3,(H2,21,22,23,24)/t13-,14?,15?/m1/s1. The van der Waals surface area contributed by atoms with E-state index in [1.54, 1.807) is 6.20 Å². The second-order valence-electron chi connectivity index (χ2n) is 7.19. The lowest BCUT2D eigenvalue weighted by Crippen LogP contribution is -2.44. The Hall–Kier alpha value is -2.59. The minimum absolute atomic E-state index is 0.169. The third kappa shape index (κ3) is 3.51. The predicted octanol–water partition coefficient (Wildman–Crippen LogP) is 3.18. The number of nitrogens with zero attached hydrogens (tertiary/aromatic N) is 4. The van der Waals surface area contributed by atoms with Gasteiger partial charge in [0.25, 0.3) is 0 Å². The quantitative estimate of drug-likeness (QED) is 0.878. The van der Waals surface area contributed by atoms with Gasteiger partial charge in [-0.25, -0.2) is 4.98 Å². The molecule has 2 aromatic heterocycles. The van der Waals surface area contributed by atoms with Gasteiger partial charge >= 0.3 is 0 Å². The Labute approximate surface area is 153 Å². The van der Waals surface area contributed by atoms with Crippen molar-refractivity contribution < 1.29 is 4.74 Å². The van der Waals surface area contributed by atoms with Crippen molar-refractivity contribution in [1.29, 1.82) is 5.26 Å². The summed E-state index contributed by atoms with van der Waals surface area (Å²) in [4.78, 5) is 7.15. The Morgan fingerprint density at radius 2 is 2.31 bits per heavy atom. The van der Waals surface area contributed by atoms with Crippen molar-refractivity contribution in [1.82, 2.24) is 15.2 Å². The van der Waals surface area contributed by atoms with Crippen molar-refractivity contribution in [2.45, 2.75) is 38.1 Å². The Balaban J connectivity index is 1.66. The summed E-state index contributed by atoms with van der Waals surface area (Å²) in [5.41, 5.74) is 1.26. The number of morpholine rings is 1. The highest BCUT2D eigenvalue weighted by atomic mass is 16.5. The van der Waals surface area contributed by atoms with Crippen LogP contribution in [0.2, 0.25) is 0 Å². The molecule has 2 unspecified atom stereocenters. The summed E-state index contributed by atoms with van der Waals surface area (Å²) in [6.07, 6.45) is 4.69. The molecule has 1 aliphatic carbocycles. The highest BCUT2D eigenvalue weighted by Crippen LogP contribution is 2.39. The number of pyridine rings is 1. The van der Waals surface area contributed by atoms with E-state index >= 15 is 0 Å². The number of nitriles is 1. The normalized spacial score (nSPS) is 25.8. The van der Waals surface area contributed by atoms with Gasteiger partial charge in [0.2, 0.25) is 0 Å². The average Bonchev–Trinajstić information content (AvgIpc) is 3.33. The predicted molar refractivity (Wildman–Crippen MR) is 99.4 cm³/mol. The maximum Gasteiger partial charge on any atom is 0.134 e. The van der Waals surface area contributed by atoms with Crippen LogP contribution in [-0.4, -0.2) is 41.0 Å². The van der Waals surface area contributed by atoms with E-state index in [1.807, 2.05) is 6.07 Å². The number of rotatable bonds is 4. The summed E-state index contributed by atoms with van der Waals surface area (Å²) in [5, 5.41) is 19.5. The number of hydrogen-bond donors (Lipinski definition) is 2. The fraction of sp³-hybridized carbons (Fsp3) is 0.526. The lowest BCUT2D eigenvalue weighted by molar-refractivity contribution is 0.0985. The molecule has 3 atom stereocenters. The van der Waals surface area contributed by atoms with Crippen LogP contribution in [0.4, 0.5) is 17.5 Å². The SMILES string of the molecule is C[C@@H]1COCCN1c1cc(C2CCC(C#N)C2)cc(Nc2ccn[nH]2)n1. The molecule has 4 rings (SSSR count). The molecule has 7 heteroatoms. The minimum Gasteiger partial charge on any atom is -0.377 e. The molecule has 0 radical (unpaired) electrons. The molecule has 2 N–H and O–H groups in total. The first kappa shape index (κ1) is 16.9. The summed E-state index contributed by atoms with van der Waals surface area (Å²) in [7, 11) is 0. The smallest absolute Gasteiger partial charge is 0.134 e. The molecule has 0 spiro atoms. The molecule has 1 saturated heterocycles. The Bertz CT molecular complexity index is 784. The Morgan fingerprint density at radius 1 is 1.38 bits per heavy atom. The van der Waals surface area contributed by atoms with Gasteiger partial charge in [0, 0.05) is 18.5 Å². The van der Waals surface area contributed by atoms with Crippen molar-refractivity contribution in [3.8, 4) is 6.07 Å². The van der Waals surface area contributed by atoms with Gasteiger partial charge in [-0.3, -0.25) is 5.10 Å². The largest absolute Gasteiger partial charge is 0.377 e. The van der Waals surface area contributed by atoms with Crippen LogP contribution < -0.4 is 10.2 Å². The number of aromatic amines is 1. The third-order valence-corrected chi connectivity index (χ3v) is 5.35. The first-order chi connectivity index (χ1) is 12.7. The van der Waals surface area contributed by atoms with Gasteiger partial charge in [0.1, 0.15) is 17.5 Å². The van der Waals surface area contributed by atoms with E-state index in [2.05, 4.69) is 45.5 Å². The molecule has 0 bridgehead atoms. The van der Waals surface area contributed by atoms with Gasteiger partial charge in [-0.05, 0) is 49.8 Å². The van der Waals surface area contributed by atoms with Crippen LogP contribution in [0, 0.1) is 17.2 Å². The van der Waals surface area contributed by atoms with Crippen LogP contribution in [-0.2, 0) is 4.74 Å². The van der Waals surface area contributed by atoms with Gasteiger partial charge in [-0.2, -0.15) is 10.4 Å². The van der Waals surface area contributed by atoms with Crippen LogP contribution in [0.5, 0.6) is 0 Å². The zero-order valence-corrected chi connectivity index (χ0v) is 15.0. The topological polar surface area (TPSA) is 89.9 Å². The molecular weight excluding hydrogens is 328 g/mol. The number of H-pyrrole nitrogens is 1. The zero-order chi connectivity index (χ0) is 17.9. The molecule has 2 aliphatic rings. The lowest BCUT2D eigenvalue weighted by Gasteiger charge is -2.35. The van der Waals surface area contributed by atoms with E-state index in [1.165, 1.54) is 5.56 Å². The van der Waals surface area contributed by atoms with Crippen LogP contribution in [0.15, 0.2) is 24.4 Å². The second-order valence-corrected chi connectivity index (χ2v) is 7.19. The fourth-order valence-corrected chi connectivity index (χ4v) is 3.92. The van der Waals surface area contributed by atoms with Gasteiger partial charge in [0.05, 0.1) is 31.5 Å². The first-order valence-electron chi connectivity index (χ1n) is 9.25. The molecule has 2 aromatic rings. The number of ether oxygens (including phenoxy) is 1. The van der Waals surface area contributed by atoms with Gasteiger partial charge in [0.15, 0.2) is 0 Å². The van der Waals surface area contributed by atoms with E-state index in [-0.39, 0.29) is 5.92 Å². The molecule has 2 fully saturated rings. The lowest BCUT2D eigenvalue weighted by atomic mass is 9.97. The van der Waals surface area contributed by atoms with E-state index in [9.17, 15) is 5.26 Å². The molecule has 0 amide bonds. The summed E-state index contributed by atoms with van der Waals surface area (Å²) in [5.74, 6) is 3.18. The number of anilines is 3. The van der Waals surface area contributed by atoms with Crippen LogP contribution in [0.1, 0.15) is 37.7 Å². The summed E-state index contributed by atoms with van der Waals surface area (Å²) in [6.45, 7) is 4.44. The van der Waals surface area contributed by atoms with E-state index < -0.39 is 0 Å². The maximum atomic E-state index is 9.24. The van der Waals surface area contributed by atoms with Gasteiger partial charge in [-0.1, -0.05) is 0 Å². The van der Waals surface area contributed by atoms with Crippen molar-refractivity contribution in [3.63, 3.8) is 0 Å². The second kappa shape index (κ2) is 7.34. The Kier molecular flexibility index (Phi) is 4.76. The number of nitrogens with one attached hydrogen (secondary N) is 2. The molecule has 1 saturated carbocycles. The summed E-state index contributed by atoms with van der Waals surface area (Å²) < 4.78 is 5.57. The number of hydrogen-bond acceptors (Lipinski definition) is 6. The summed E-state index contributed by atoms with van der Waals surface area (Å²) >= 11 is 0. The first-order valence-corrected chi connectivity index (χ1v) is 9.25. The van der Waals surface area contributed by atoms with Gasteiger partial charge < -0.3 is 15.0 Å². The fourth-order valence-electron chi connectivity index (χ4n) is 3.92. The average molecular weight is 352 g/mol.